The average Bonchev–Trinajstić information content (AvgIpc) is 2.87. The van der Waals surface area contributed by atoms with Crippen LogP contribution in [-0.4, -0.2) is 43.5 Å². The largest absolute Gasteiger partial charge is 0.492 e. The van der Waals surface area contributed by atoms with E-state index in [9.17, 15) is 14.0 Å². The van der Waals surface area contributed by atoms with Crippen molar-refractivity contribution in [1.29, 1.82) is 0 Å². The third kappa shape index (κ3) is 6.82. The molecule has 0 bridgehead atoms. The molecular formula is C28H32FN3O4. The van der Waals surface area contributed by atoms with Crippen molar-refractivity contribution >= 4 is 23.2 Å². The predicted octanol–water partition coefficient (Wildman–Crippen LogP) is 5.51. The van der Waals surface area contributed by atoms with E-state index in [2.05, 4.69) is 10.6 Å². The molecule has 1 unspecified atom stereocenters. The number of nitrogens with one attached hydrogen (secondary N) is 2. The van der Waals surface area contributed by atoms with Crippen LogP contribution >= 0.6 is 0 Å². The second-order valence-corrected chi connectivity index (χ2v) is 8.19. The van der Waals surface area contributed by atoms with Crippen LogP contribution in [0.1, 0.15) is 42.7 Å². The molecule has 0 saturated heterocycles. The van der Waals surface area contributed by atoms with Crippen LogP contribution in [0.4, 0.5) is 15.8 Å². The lowest BCUT2D eigenvalue weighted by Gasteiger charge is -2.25. The summed E-state index contributed by atoms with van der Waals surface area (Å²) in [7, 11) is 1.76. The Morgan fingerprint density at radius 3 is 2.03 bits per heavy atom. The number of ether oxygens (including phenoxy) is 2. The minimum absolute atomic E-state index is 0.0253. The molecule has 0 aliphatic heterocycles. The Kier molecular flexibility index (Phi) is 9.41. The van der Waals surface area contributed by atoms with Crippen molar-refractivity contribution in [3.05, 3.63) is 83.7 Å². The normalized spacial score (nSPS) is 11.6. The zero-order valence-corrected chi connectivity index (χ0v) is 21.0. The molecule has 0 heterocycles. The van der Waals surface area contributed by atoms with Crippen LogP contribution in [0.3, 0.4) is 0 Å². The van der Waals surface area contributed by atoms with Gasteiger partial charge in [-0.25, -0.2) is 4.39 Å². The molecular weight excluding hydrogens is 461 g/mol. The first kappa shape index (κ1) is 26.7. The number of anilines is 2. The fourth-order valence-corrected chi connectivity index (χ4v) is 3.69. The molecule has 2 amide bonds. The molecule has 0 aliphatic carbocycles. The summed E-state index contributed by atoms with van der Waals surface area (Å²) in [6, 6.07) is 18.3. The first-order valence-electron chi connectivity index (χ1n) is 11.9. The molecule has 0 saturated carbocycles. The molecule has 36 heavy (non-hydrogen) atoms. The van der Waals surface area contributed by atoms with E-state index in [0.717, 1.165) is 0 Å². The molecule has 3 aromatic rings. The average molecular weight is 494 g/mol. The first-order valence-corrected chi connectivity index (χ1v) is 11.9. The van der Waals surface area contributed by atoms with E-state index in [1.807, 2.05) is 26.8 Å². The van der Waals surface area contributed by atoms with Gasteiger partial charge in [-0.05, 0) is 46.0 Å². The van der Waals surface area contributed by atoms with Crippen molar-refractivity contribution in [2.45, 2.75) is 26.8 Å². The van der Waals surface area contributed by atoms with Crippen LogP contribution in [0.2, 0.25) is 0 Å². The number of carbonyl (C=O) groups is 2. The number of likely N-dealkylation sites (N-methyl/N-ethyl adjacent to an activating group) is 1. The summed E-state index contributed by atoms with van der Waals surface area (Å²) in [6.07, 6.45) is 0. The monoisotopic (exact) mass is 493 g/mol. The number of rotatable bonds is 11. The molecule has 8 heteroatoms. The molecule has 190 valence electrons. The second-order valence-electron chi connectivity index (χ2n) is 8.19. The minimum atomic E-state index is -0.314. The maximum atomic E-state index is 14.2. The number of nitrogens with zero attached hydrogens (tertiary/aromatic N) is 1. The topological polar surface area (TPSA) is 79.9 Å². The number of hydrogen-bond acceptors (Lipinski definition) is 5. The molecule has 1 atom stereocenters. The van der Waals surface area contributed by atoms with Crippen molar-refractivity contribution < 1.29 is 23.5 Å². The fourth-order valence-electron chi connectivity index (χ4n) is 3.69. The molecule has 0 radical (unpaired) electrons. The van der Waals surface area contributed by atoms with Gasteiger partial charge >= 0.3 is 0 Å². The number of benzene rings is 3. The van der Waals surface area contributed by atoms with E-state index in [-0.39, 0.29) is 30.2 Å². The highest BCUT2D eigenvalue weighted by Gasteiger charge is 2.20. The van der Waals surface area contributed by atoms with Crippen molar-refractivity contribution in [2.24, 2.45) is 0 Å². The van der Waals surface area contributed by atoms with Gasteiger partial charge in [-0.15, -0.1) is 0 Å². The Balaban J connectivity index is 1.80. The molecule has 0 fully saturated rings. The maximum absolute atomic E-state index is 14.2. The van der Waals surface area contributed by atoms with Crippen molar-refractivity contribution in [2.75, 3.05) is 37.4 Å². The summed E-state index contributed by atoms with van der Waals surface area (Å²) in [5.74, 6) is -0.119. The van der Waals surface area contributed by atoms with Gasteiger partial charge in [-0.1, -0.05) is 36.4 Å². The lowest BCUT2D eigenvalue weighted by Crippen LogP contribution is -2.32. The van der Waals surface area contributed by atoms with Gasteiger partial charge < -0.3 is 20.1 Å². The molecule has 2 N–H and O–H groups in total. The minimum Gasteiger partial charge on any atom is -0.492 e. The van der Waals surface area contributed by atoms with E-state index in [0.29, 0.717) is 47.2 Å². The molecule has 3 rings (SSSR count). The highest BCUT2D eigenvalue weighted by Crippen LogP contribution is 2.37. The summed E-state index contributed by atoms with van der Waals surface area (Å²) in [4.78, 5) is 27.4. The number of carbonyl (C=O) groups excluding carboxylic acids is 2. The Morgan fingerprint density at radius 2 is 1.44 bits per heavy atom. The van der Waals surface area contributed by atoms with E-state index in [1.165, 1.54) is 6.07 Å². The van der Waals surface area contributed by atoms with Gasteiger partial charge in [0.2, 0.25) is 5.91 Å². The Labute approximate surface area is 211 Å². The summed E-state index contributed by atoms with van der Waals surface area (Å²) in [5, 5.41) is 5.73. The van der Waals surface area contributed by atoms with Gasteiger partial charge in [-0.3, -0.25) is 14.5 Å². The van der Waals surface area contributed by atoms with E-state index in [4.69, 9.17) is 9.47 Å². The van der Waals surface area contributed by atoms with Gasteiger partial charge in [0.15, 0.2) is 0 Å². The summed E-state index contributed by atoms with van der Waals surface area (Å²) in [6.45, 7) is 6.24. The van der Waals surface area contributed by atoms with Crippen LogP contribution < -0.4 is 20.1 Å². The summed E-state index contributed by atoms with van der Waals surface area (Å²) < 4.78 is 25.7. The van der Waals surface area contributed by atoms with Crippen molar-refractivity contribution in [3.8, 4) is 11.5 Å². The zero-order valence-electron chi connectivity index (χ0n) is 21.0. The van der Waals surface area contributed by atoms with Crippen molar-refractivity contribution in [1.82, 2.24) is 4.90 Å². The Hall–Kier alpha value is -3.91. The Bertz CT molecular complexity index is 1190. The van der Waals surface area contributed by atoms with Gasteiger partial charge in [-0.2, -0.15) is 0 Å². The van der Waals surface area contributed by atoms with Crippen LogP contribution in [0.5, 0.6) is 11.5 Å². The van der Waals surface area contributed by atoms with Crippen LogP contribution in [-0.2, 0) is 4.79 Å². The summed E-state index contributed by atoms with van der Waals surface area (Å²) in [5.41, 5.74) is 1.86. The highest BCUT2D eigenvalue weighted by molar-refractivity contribution is 6.05. The second kappa shape index (κ2) is 12.7. The molecule has 0 aliphatic rings. The van der Waals surface area contributed by atoms with Crippen molar-refractivity contribution in [3.63, 3.8) is 0 Å². The van der Waals surface area contributed by atoms with Gasteiger partial charge in [0.05, 0.1) is 31.1 Å². The standard InChI is InChI=1S/C28H32FN3O4/c1-5-35-25-17-24(31-28(34)20-12-8-7-9-13-20)26(36-6-2)16-23(25)30-27(33)18-32(4)19(3)21-14-10-11-15-22(21)29/h7-17,19H,5-6,18H2,1-4H3,(H,30,33)(H,31,34). The van der Waals surface area contributed by atoms with Gasteiger partial charge in [0.25, 0.3) is 5.91 Å². The third-order valence-electron chi connectivity index (χ3n) is 5.65. The molecule has 7 nitrogen and oxygen atoms in total. The smallest absolute Gasteiger partial charge is 0.255 e. The quantitative estimate of drug-likeness (QED) is 0.368. The SMILES string of the molecule is CCOc1cc(NC(=O)c2ccccc2)c(OCC)cc1NC(=O)CN(C)C(C)c1ccccc1F. The molecule has 0 aromatic heterocycles. The highest BCUT2D eigenvalue weighted by atomic mass is 19.1. The Morgan fingerprint density at radius 1 is 0.889 bits per heavy atom. The number of halogens is 1. The van der Waals surface area contributed by atoms with Crippen LogP contribution in [0.25, 0.3) is 0 Å². The lowest BCUT2D eigenvalue weighted by atomic mass is 10.1. The third-order valence-corrected chi connectivity index (χ3v) is 5.65. The first-order chi connectivity index (χ1) is 17.3. The number of hydrogen-bond donors (Lipinski definition) is 2. The molecule has 0 spiro atoms. The number of amides is 2. The molecule has 3 aromatic carbocycles. The zero-order chi connectivity index (χ0) is 26.1. The lowest BCUT2D eigenvalue weighted by molar-refractivity contribution is -0.117. The van der Waals surface area contributed by atoms with Gasteiger partial charge in [0, 0.05) is 29.3 Å². The van der Waals surface area contributed by atoms with Crippen LogP contribution in [0.15, 0.2) is 66.7 Å². The van der Waals surface area contributed by atoms with E-state index >= 15 is 0 Å². The fraction of sp³-hybridized carbons (Fsp3) is 0.286. The van der Waals surface area contributed by atoms with E-state index in [1.54, 1.807) is 66.5 Å². The summed E-state index contributed by atoms with van der Waals surface area (Å²) >= 11 is 0. The predicted molar refractivity (Wildman–Crippen MR) is 139 cm³/mol. The van der Waals surface area contributed by atoms with Crippen LogP contribution in [0, 0.1) is 5.82 Å². The van der Waals surface area contributed by atoms with E-state index < -0.39 is 0 Å². The van der Waals surface area contributed by atoms with Gasteiger partial charge in [0.1, 0.15) is 17.3 Å². The maximum Gasteiger partial charge on any atom is 0.255 e.